The lowest BCUT2D eigenvalue weighted by atomic mass is 10.3. The molecule has 0 aromatic rings. The molecule has 0 atom stereocenters. The average Bonchev–Trinajstić information content (AvgIpc) is 1.83. The molecule has 0 bridgehead atoms. The van der Waals surface area contributed by atoms with Gasteiger partial charge in [0.05, 0.1) is 0 Å². The molecule has 1 nitrogen and oxygen atoms in total. The van der Waals surface area contributed by atoms with Gasteiger partial charge in [-0.05, 0) is 13.0 Å². The van der Waals surface area contributed by atoms with Crippen LogP contribution in [0.15, 0.2) is 16.6 Å². The Balaban J connectivity index is 3.81. The van der Waals surface area contributed by atoms with Crippen LogP contribution in [-0.4, -0.2) is 13.3 Å². The molecule has 0 rings (SSSR count). The van der Waals surface area contributed by atoms with Crippen molar-refractivity contribution in [1.82, 2.24) is 0 Å². The summed E-state index contributed by atoms with van der Waals surface area (Å²) in [5.41, 5.74) is 0.899. The van der Waals surface area contributed by atoms with Crippen LogP contribution in [0.3, 0.4) is 0 Å². The second-order valence-electron chi connectivity index (χ2n) is 1.40. The maximum atomic E-state index is 5.03. The van der Waals surface area contributed by atoms with E-state index in [9.17, 15) is 0 Å². The van der Waals surface area contributed by atoms with Crippen molar-refractivity contribution in [2.24, 2.45) is 4.99 Å². The SMILES string of the molecule is C#C/C(C)=C\C=N/C. The molecule has 0 amide bonds. The molecule has 0 spiro atoms. The van der Waals surface area contributed by atoms with Crippen LogP contribution in [0.4, 0.5) is 0 Å². The molecular formula is C7H9N. The molecule has 0 unspecified atom stereocenters. The predicted molar refractivity (Wildman–Crippen MR) is 37.0 cm³/mol. The molecule has 0 radical (unpaired) electrons. The van der Waals surface area contributed by atoms with E-state index in [2.05, 4.69) is 10.9 Å². The molecule has 0 saturated carbocycles. The molecule has 0 aromatic heterocycles. The minimum atomic E-state index is 0.899. The Labute approximate surface area is 50.1 Å². The highest BCUT2D eigenvalue weighted by molar-refractivity contribution is 5.73. The van der Waals surface area contributed by atoms with Gasteiger partial charge in [0.2, 0.25) is 0 Å². The molecule has 0 aromatic carbocycles. The normalized spacial score (nSPS) is 11.9. The van der Waals surface area contributed by atoms with Crippen LogP contribution in [0.2, 0.25) is 0 Å². The second-order valence-corrected chi connectivity index (χ2v) is 1.40. The van der Waals surface area contributed by atoms with E-state index < -0.39 is 0 Å². The van der Waals surface area contributed by atoms with Crippen LogP contribution >= 0.6 is 0 Å². The third-order valence-corrected chi connectivity index (χ3v) is 0.701. The first-order chi connectivity index (χ1) is 3.81. The van der Waals surface area contributed by atoms with Gasteiger partial charge in [0.15, 0.2) is 0 Å². The van der Waals surface area contributed by atoms with Crippen LogP contribution in [-0.2, 0) is 0 Å². The molecule has 0 saturated heterocycles. The summed E-state index contributed by atoms with van der Waals surface area (Å²) in [6, 6.07) is 0. The van der Waals surface area contributed by atoms with Crippen molar-refractivity contribution in [1.29, 1.82) is 0 Å². The predicted octanol–water partition coefficient (Wildman–Crippen LogP) is 1.27. The number of aliphatic imine (C=N–C) groups is 1. The Bertz CT molecular complexity index is 146. The fourth-order valence-electron chi connectivity index (χ4n) is 0.234. The van der Waals surface area contributed by atoms with Gasteiger partial charge in [0.1, 0.15) is 0 Å². The summed E-state index contributed by atoms with van der Waals surface area (Å²) in [5.74, 6) is 2.47. The van der Waals surface area contributed by atoms with Crippen LogP contribution in [0.25, 0.3) is 0 Å². The quantitative estimate of drug-likeness (QED) is 0.353. The van der Waals surface area contributed by atoms with Crippen molar-refractivity contribution >= 4 is 6.21 Å². The number of terminal acetylenes is 1. The van der Waals surface area contributed by atoms with E-state index in [0.29, 0.717) is 0 Å². The first-order valence-corrected chi connectivity index (χ1v) is 2.37. The number of nitrogens with zero attached hydrogens (tertiary/aromatic N) is 1. The van der Waals surface area contributed by atoms with E-state index in [0.717, 1.165) is 5.57 Å². The van der Waals surface area contributed by atoms with Gasteiger partial charge in [0, 0.05) is 18.8 Å². The second kappa shape index (κ2) is 4.14. The van der Waals surface area contributed by atoms with E-state index >= 15 is 0 Å². The summed E-state index contributed by atoms with van der Waals surface area (Å²) in [4.78, 5) is 3.73. The highest BCUT2D eigenvalue weighted by atomic mass is 14.6. The van der Waals surface area contributed by atoms with Crippen molar-refractivity contribution < 1.29 is 0 Å². The van der Waals surface area contributed by atoms with E-state index in [1.807, 2.05) is 6.92 Å². The van der Waals surface area contributed by atoms with E-state index in [4.69, 9.17) is 6.42 Å². The van der Waals surface area contributed by atoms with Crippen molar-refractivity contribution in [3.05, 3.63) is 11.6 Å². The summed E-state index contributed by atoms with van der Waals surface area (Å²) >= 11 is 0. The lowest BCUT2D eigenvalue weighted by Gasteiger charge is -1.77. The van der Waals surface area contributed by atoms with Gasteiger partial charge >= 0.3 is 0 Å². The standard InChI is InChI=1S/C7H9N/c1-4-7(2)5-6-8-3/h1,5-6H,2-3H3/b7-5-,8-6-. The number of allylic oxidation sites excluding steroid dienone is 2. The molecule has 8 heavy (non-hydrogen) atoms. The fourth-order valence-corrected chi connectivity index (χ4v) is 0.234. The largest absolute Gasteiger partial charge is 0.296 e. The lowest BCUT2D eigenvalue weighted by Crippen LogP contribution is -1.68. The van der Waals surface area contributed by atoms with Crippen LogP contribution in [0.5, 0.6) is 0 Å². The monoisotopic (exact) mass is 107 g/mol. The summed E-state index contributed by atoms with van der Waals surface area (Å²) in [5, 5.41) is 0. The highest BCUT2D eigenvalue weighted by Crippen LogP contribution is 1.83. The zero-order chi connectivity index (χ0) is 6.41. The summed E-state index contributed by atoms with van der Waals surface area (Å²) in [7, 11) is 1.71. The number of hydrogen-bond donors (Lipinski definition) is 0. The van der Waals surface area contributed by atoms with Crippen LogP contribution in [0, 0.1) is 12.3 Å². The molecule has 0 heterocycles. The maximum Gasteiger partial charge on any atom is 0.0277 e. The first kappa shape index (κ1) is 6.97. The van der Waals surface area contributed by atoms with Crippen molar-refractivity contribution in [3.8, 4) is 12.3 Å². The Morgan fingerprint density at radius 3 is 2.75 bits per heavy atom. The maximum absolute atomic E-state index is 5.03. The van der Waals surface area contributed by atoms with E-state index in [-0.39, 0.29) is 0 Å². The molecular weight excluding hydrogens is 98.1 g/mol. The summed E-state index contributed by atoms with van der Waals surface area (Å²) in [6.45, 7) is 1.86. The van der Waals surface area contributed by atoms with Crippen molar-refractivity contribution in [2.75, 3.05) is 7.05 Å². The number of rotatable bonds is 1. The topological polar surface area (TPSA) is 12.4 Å². The highest BCUT2D eigenvalue weighted by Gasteiger charge is 1.71. The minimum absolute atomic E-state index is 0.899. The van der Waals surface area contributed by atoms with Gasteiger partial charge < -0.3 is 0 Å². The molecule has 0 N–H and O–H groups in total. The lowest BCUT2D eigenvalue weighted by molar-refractivity contribution is 1.47. The molecule has 0 aliphatic carbocycles. The zero-order valence-electron chi connectivity index (χ0n) is 5.18. The Morgan fingerprint density at radius 2 is 2.38 bits per heavy atom. The van der Waals surface area contributed by atoms with Gasteiger partial charge in [-0.1, -0.05) is 5.92 Å². The van der Waals surface area contributed by atoms with E-state index in [1.54, 1.807) is 19.3 Å². The molecule has 1 heteroatoms. The fraction of sp³-hybridized carbons (Fsp3) is 0.286. The van der Waals surface area contributed by atoms with Crippen molar-refractivity contribution in [2.45, 2.75) is 6.92 Å². The molecule has 0 fully saturated rings. The summed E-state index contributed by atoms with van der Waals surface area (Å²) < 4.78 is 0. The Hall–Kier alpha value is -1.03. The number of hydrogen-bond acceptors (Lipinski definition) is 1. The average molecular weight is 107 g/mol. The van der Waals surface area contributed by atoms with Gasteiger partial charge in [-0.3, -0.25) is 4.99 Å². The summed E-state index contributed by atoms with van der Waals surface area (Å²) in [6.07, 6.45) is 8.50. The molecule has 0 aliphatic rings. The van der Waals surface area contributed by atoms with E-state index in [1.165, 1.54) is 0 Å². The third-order valence-electron chi connectivity index (χ3n) is 0.701. The minimum Gasteiger partial charge on any atom is -0.296 e. The van der Waals surface area contributed by atoms with Gasteiger partial charge in [0.25, 0.3) is 0 Å². The van der Waals surface area contributed by atoms with Gasteiger partial charge in [-0.25, -0.2) is 0 Å². The van der Waals surface area contributed by atoms with Gasteiger partial charge in [-0.2, -0.15) is 0 Å². The zero-order valence-corrected chi connectivity index (χ0v) is 5.18. The van der Waals surface area contributed by atoms with Gasteiger partial charge in [-0.15, -0.1) is 6.42 Å². The molecule has 0 aliphatic heterocycles. The van der Waals surface area contributed by atoms with Crippen LogP contribution in [0.1, 0.15) is 6.92 Å². The molecule has 42 valence electrons. The Morgan fingerprint density at radius 1 is 1.75 bits per heavy atom. The Kier molecular flexibility index (Phi) is 3.60. The smallest absolute Gasteiger partial charge is 0.0277 e. The first-order valence-electron chi connectivity index (χ1n) is 2.37. The third kappa shape index (κ3) is 3.17. The van der Waals surface area contributed by atoms with Crippen molar-refractivity contribution in [3.63, 3.8) is 0 Å². The van der Waals surface area contributed by atoms with Crippen LogP contribution < -0.4 is 0 Å².